The lowest BCUT2D eigenvalue weighted by Crippen LogP contribution is -2.27. The quantitative estimate of drug-likeness (QED) is 0.752. The molecule has 0 bridgehead atoms. The van der Waals surface area contributed by atoms with E-state index in [9.17, 15) is 0 Å². The second-order valence-corrected chi connectivity index (χ2v) is 7.47. The SMILES string of the molecule is Cc1cccc(-c2cccc(C3(c4ccc5c(c4)CCO5)COC(N)=N3)c2)c1. The van der Waals surface area contributed by atoms with Gasteiger partial charge in [-0.25, -0.2) is 4.99 Å². The molecule has 3 aromatic rings. The number of hydrogen-bond donors (Lipinski definition) is 1. The van der Waals surface area contributed by atoms with Crippen molar-refractivity contribution in [2.24, 2.45) is 10.7 Å². The van der Waals surface area contributed by atoms with Crippen molar-refractivity contribution in [3.8, 4) is 16.9 Å². The third-order valence-corrected chi connectivity index (χ3v) is 5.59. The summed E-state index contributed by atoms with van der Waals surface area (Å²) in [5, 5.41) is 0. The van der Waals surface area contributed by atoms with Gasteiger partial charge in [0.1, 0.15) is 12.4 Å². The molecule has 5 rings (SSSR count). The number of fused-ring (bicyclic) bond motifs is 1. The molecule has 4 heteroatoms. The van der Waals surface area contributed by atoms with Gasteiger partial charge in [-0.2, -0.15) is 0 Å². The van der Waals surface area contributed by atoms with Crippen LogP contribution in [0.15, 0.2) is 71.7 Å². The molecule has 2 N–H and O–H groups in total. The zero-order valence-corrected chi connectivity index (χ0v) is 15.8. The molecule has 2 aliphatic rings. The number of rotatable bonds is 3. The Labute approximate surface area is 164 Å². The number of ether oxygens (including phenoxy) is 2. The summed E-state index contributed by atoms with van der Waals surface area (Å²) in [5.74, 6) is 0.961. The Morgan fingerprint density at radius 3 is 2.46 bits per heavy atom. The highest BCUT2D eigenvalue weighted by atomic mass is 16.5. The van der Waals surface area contributed by atoms with Gasteiger partial charge in [0.2, 0.25) is 0 Å². The average molecular weight is 370 g/mol. The summed E-state index contributed by atoms with van der Waals surface area (Å²) in [6, 6.07) is 23.6. The highest BCUT2D eigenvalue weighted by Gasteiger charge is 2.40. The van der Waals surface area contributed by atoms with Gasteiger partial charge in [0.15, 0.2) is 5.54 Å². The highest BCUT2D eigenvalue weighted by molar-refractivity contribution is 5.76. The maximum absolute atomic E-state index is 5.97. The maximum Gasteiger partial charge on any atom is 0.283 e. The molecule has 0 saturated carbocycles. The van der Waals surface area contributed by atoms with Gasteiger partial charge >= 0.3 is 0 Å². The van der Waals surface area contributed by atoms with Crippen molar-refractivity contribution in [3.63, 3.8) is 0 Å². The van der Waals surface area contributed by atoms with E-state index in [0.717, 1.165) is 35.5 Å². The molecule has 28 heavy (non-hydrogen) atoms. The predicted molar refractivity (Wildman–Crippen MR) is 111 cm³/mol. The molecular formula is C24H22N2O2. The van der Waals surface area contributed by atoms with E-state index in [0.29, 0.717) is 6.61 Å². The van der Waals surface area contributed by atoms with Crippen molar-refractivity contribution in [2.75, 3.05) is 13.2 Å². The lowest BCUT2D eigenvalue weighted by Gasteiger charge is -2.26. The molecule has 0 aliphatic carbocycles. The summed E-state index contributed by atoms with van der Waals surface area (Å²) in [6.45, 7) is 3.24. The van der Waals surface area contributed by atoms with Crippen LogP contribution in [0.5, 0.6) is 5.75 Å². The minimum atomic E-state index is -0.637. The van der Waals surface area contributed by atoms with Gasteiger partial charge in [0.25, 0.3) is 6.02 Å². The molecule has 0 aromatic heterocycles. The van der Waals surface area contributed by atoms with Gasteiger partial charge in [-0.1, -0.05) is 54.1 Å². The summed E-state index contributed by atoms with van der Waals surface area (Å²) in [7, 11) is 0. The Morgan fingerprint density at radius 2 is 1.68 bits per heavy atom. The fraction of sp³-hybridized carbons (Fsp3) is 0.208. The van der Waals surface area contributed by atoms with Gasteiger partial charge in [-0.3, -0.25) is 0 Å². The van der Waals surface area contributed by atoms with Gasteiger partial charge in [0, 0.05) is 6.42 Å². The van der Waals surface area contributed by atoms with E-state index < -0.39 is 5.54 Å². The Bertz CT molecular complexity index is 1090. The minimum absolute atomic E-state index is 0.234. The Balaban J connectivity index is 1.65. The van der Waals surface area contributed by atoms with Crippen molar-refractivity contribution >= 4 is 6.02 Å². The van der Waals surface area contributed by atoms with E-state index in [-0.39, 0.29) is 6.02 Å². The second kappa shape index (κ2) is 6.41. The standard InChI is InChI=1S/C24H22N2O2/c1-16-4-2-5-17(12-16)18-6-3-7-20(13-18)24(15-28-23(25)26-24)21-8-9-22-19(14-21)10-11-27-22/h2-9,12-14H,10-11,15H2,1H3,(H2,25,26). The molecule has 2 heterocycles. The van der Waals surface area contributed by atoms with E-state index in [1.807, 2.05) is 6.07 Å². The van der Waals surface area contributed by atoms with Crippen molar-refractivity contribution in [2.45, 2.75) is 18.9 Å². The molecule has 0 saturated heterocycles. The van der Waals surface area contributed by atoms with E-state index in [1.54, 1.807) is 0 Å². The van der Waals surface area contributed by atoms with Crippen LogP contribution in [0, 0.1) is 6.92 Å². The Morgan fingerprint density at radius 1 is 0.893 bits per heavy atom. The number of aliphatic imine (C=N–C) groups is 1. The number of nitrogens with zero attached hydrogens (tertiary/aromatic N) is 1. The van der Waals surface area contributed by atoms with Crippen LogP contribution in [0.1, 0.15) is 22.3 Å². The third-order valence-electron chi connectivity index (χ3n) is 5.59. The summed E-state index contributed by atoms with van der Waals surface area (Å²) < 4.78 is 11.3. The fourth-order valence-electron chi connectivity index (χ4n) is 4.12. The van der Waals surface area contributed by atoms with Crippen LogP contribution in [0.2, 0.25) is 0 Å². The number of benzene rings is 3. The number of aryl methyl sites for hydroxylation is 1. The first-order valence-electron chi connectivity index (χ1n) is 9.56. The highest BCUT2D eigenvalue weighted by Crippen LogP contribution is 2.41. The lowest BCUT2D eigenvalue weighted by molar-refractivity contribution is 0.278. The molecule has 4 nitrogen and oxygen atoms in total. The van der Waals surface area contributed by atoms with Crippen molar-refractivity contribution in [3.05, 3.63) is 89.0 Å². The molecule has 0 radical (unpaired) electrons. The molecule has 0 spiro atoms. The normalized spacial score (nSPS) is 20.2. The average Bonchev–Trinajstić information content (AvgIpc) is 3.34. The smallest absolute Gasteiger partial charge is 0.283 e. The zero-order valence-electron chi connectivity index (χ0n) is 15.8. The molecule has 140 valence electrons. The second-order valence-electron chi connectivity index (χ2n) is 7.47. The van der Waals surface area contributed by atoms with Crippen LogP contribution >= 0.6 is 0 Å². The van der Waals surface area contributed by atoms with Gasteiger partial charge < -0.3 is 15.2 Å². The molecule has 3 aromatic carbocycles. The van der Waals surface area contributed by atoms with Crippen LogP contribution in [0.4, 0.5) is 0 Å². The number of amidine groups is 1. The van der Waals surface area contributed by atoms with Crippen LogP contribution in [0.25, 0.3) is 11.1 Å². The van der Waals surface area contributed by atoms with Crippen molar-refractivity contribution in [1.29, 1.82) is 0 Å². The zero-order chi connectivity index (χ0) is 19.1. The van der Waals surface area contributed by atoms with E-state index in [1.165, 1.54) is 16.7 Å². The molecular weight excluding hydrogens is 348 g/mol. The monoisotopic (exact) mass is 370 g/mol. The first kappa shape index (κ1) is 16.9. The summed E-state index contributed by atoms with van der Waals surface area (Å²) in [5.41, 5.74) is 12.3. The first-order chi connectivity index (χ1) is 13.6. The maximum atomic E-state index is 5.97. The van der Waals surface area contributed by atoms with Crippen LogP contribution in [-0.2, 0) is 16.7 Å². The summed E-state index contributed by atoms with van der Waals surface area (Å²) in [4.78, 5) is 4.77. The van der Waals surface area contributed by atoms with Crippen LogP contribution in [0.3, 0.4) is 0 Å². The van der Waals surface area contributed by atoms with Gasteiger partial charge in [-0.15, -0.1) is 0 Å². The van der Waals surface area contributed by atoms with Crippen LogP contribution in [-0.4, -0.2) is 19.2 Å². The molecule has 1 unspecified atom stereocenters. The van der Waals surface area contributed by atoms with Crippen molar-refractivity contribution < 1.29 is 9.47 Å². The number of nitrogens with two attached hydrogens (primary N) is 1. The van der Waals surface area contributed by atoms with E-state index >= 15 is 0 Å². The first-order valence-corrected chi connectivity index (χ1v) is 9.56. The third kappa shape index (κ3) is 2.73. The largest absolute Gasteiger partial charge is 0.493 e. The van der Waals surface area contributed by atoms with Crippen molar-refractivity contribution in [1.82, 2.24) is 0 Å². The molecule has 2 aliphatic heterocycles. The molecule has 0 fully saturated rings. The van der Waals surface area contributed by atoms with E-state index in [4.69, 9.17) is 20.2 Å². The predicted octanol–water partition coefficient (Wildman–Crippen LogP) is 4.19. The molecule has 0 amide bonds. The molecule has 1 atom stereocenters. The lowest BCUT2D eigenvalue weighted by atomic mass is 9.82. The minimum Gasteiger partial charge on any atom is -0.493 e. The Hall–Kier alpha value is -3.27. The topological polar surface area (TPSA) is 56.8 Å². The van der Waals surface area contributed by atoms with Gasteiger partial charge in [0.05, 0.1) is 6.61 Å². The van der Waals surface area contributed by atoms with Crippen LogP contribution < -0.4 is 10.5 Å². The van der Waals surface area contributed by atoms with Gasteiger partial charge in [-0.05, 0) is 52.9 Å². The fourth-order valence-corrected chi connectivity index (χ4v) is 4.12. The summed E-state index contributed by atoms with van der Waals surface area (Å²) in [6.07, 6.45) is 0.919. The number of hydrogen-bond acceptors (Lipinski definition) is 4. The summed E-state index contributed by atoms with van der Waals surface area (Å²) >= 11 is 0. The van der Waals surface area contributed by atoms with E-state index in [2.05, 4.69) is 67.6 Å². The Kier molecular flexibility index (Phi) is 3.86.